The summed E-state index contributed by atoms with van der Waals surface area (Å²) in [4.78, 5) is 35.2. The van der Waals surface area contributed by atoms with Crippen LogP contribution >= 0.6 is 7.82 Å². The molecule has 0 spiro atoms. The van der Waals surface area contributed by atoms with E-state index in [-0.39, 0.29) is 37.4 Å². The van der Waals surface area contributed by atoms with Gasteiger partial charge in [-0.3, -0.25) is 13.8 Å². The van der Waals surface area contributed by atoms with Crippen LogP contribution < -0.4 is 5.32 Å². The highest BCUT2D eigenvalue weighted by atomic mass is 31.2. The van der Waals surface area contributed by atoms with E-state index in [1.807, 2.05) is 30.6 Å². The minimum Gasteiger partial charge on any atom is -0.315 e. The van der Waals surface area contributed by atoms with Crippen molar-refractivity contribution in [2.75, 3.05) is 18.5 Å². The summed E-state index contributed by atoms with van der Waals surface area (Å²) in [6, 6.07) is 10.7. The van der Waals surface area contributed by atoms with Gasteiger partial charge in [0, 0.05) is 12.1 Å². The molecule has 34 heavy (non-hydrogen) atoms. The SMILES string of the molecule is CC[C@H](COP(=O)(O)OCCC#N)[C@@H](C)Cn1cnc2c(NC(=O)c3ccccc3)ncnc21. The van der Waals surface area contributed by atoms with Crippen LogP contribution in [-0.4, -0.2) is 43.5 Å². The molecule has 0 saturated heterocycles. The largest absolute Gasteiger partial charge is 0.472 e. The maximum Gasteiger partial charge on any atom is 0.472 e. The standard InChI is InChI=1S/C22H27N6O5P/c1-3-17(13-33-34(30,31)32-11-7-10-23)16(2)12-28-15-26-19-20(24-14-25-21(19)28)27-22(29)18-8-5-4-6-9-18/h4-6,8-9,14-17H,3,7,11-13H2,1-2H3,(H,30,31)(H,24,25,27,29)/t16-,17+/m0/s1. The third kappa shape index (κ3) is 6.68. The van der Waals surface area contributed by atoms with Gasteiger partial charge in [-0.05, 0) is 24.0 Å². The van der Waals surface area contributed by atoms with Crippen LogP contribution in [0.1, 0.15) is 37.0 Å². The van der Waals surface area contributed by atoms with Gasteiger partial charge in [-0.2, -0.15) is 5.26 Å². The Bertz CT molecular complexity index is 1200. The third-order valence-corrected chi connectivity index (χ3v) is 6.39. The summed E-state index contributed by atoms with van der Waals surface area (Å²) in [5.41, 5.74) is 1.54. The van der Waals surface area contributed by atoms with Crippen molar-refractivity contribution < 1.29 is 23.3 Å². The average molecular weight is 486 g/mol. The lowest BCUT2D eigenvalue weighted by molar-refractivity contribution is 0.102. The number of benzene rings is 1. The first-order chi connectivity index (χ1) is 16.3. The van der Waals surface area contributed by atoms with E-state index < -0.39 is 7.82 Å². The average Bonchev–Trinajstić information content (AvgIpc) is 3.23. The van der Waals surface area contributed by atoms with Crippen LogP contribution in [0.25, 0.3) is 11.2 Å². The van der Waals surface area contributed by atoms with Gasteiger partial charge in [0.15, 0.2) is 17.0 Å². The quantitative estimate of drug-likeness (QED) is 0.288. The van der Waals surface area contributed by atoms with Crippen LogP contribution in [0, 0.1) is 23.2 Å². The van der Waals surface area contributed by atoms with Gasteiger partial charge in [-0.25, -0.2) is 19.5 Å². The summed E-state index contributed by atoms with van der Waals surface area (Å²) in [7, 11) is -4.22. The van der Waals surface area contributed by atoms with Crippen molar-refractivity contribution in [3.05, 3.63) is 48.5 Å². The van der Waals surface area contributed by atoms with Crippen molar-refractivity contribution >= 4 is 30.7 Å². The number of rotatable bonds is 12. The van der Waals surface area contributed by atoms with Gasteiger partial charge >= 0.3 is 7.82 Å². The minimum absolute atomic E-state index is 0.00483. The molecule has 2 N–H and O–H groups in total. The van der Waals surface area contributed by atoms with Crippen molar-refractivity contribution in [1.29, 1.82) is 5.26 Å². The van der Waals surface area contributed by atoms with E-state index in [2.05, 4.69) is 20.3 Å². The highest BCUT2D eigenvalue weighted by Gasteiger charge is 2.26. The zero-order valence-corrected chi connectivity index (χ0v) is 19.9. The molecule has 12 heteroatoms. The Kier molecular flexibility index (Phi) is 8.85. The first-order valence-electron chi connectivity index (χ1n) is 10.9. The minimum atomic E-state index is -4.22. The summed E-state index contributed by atoms with van der Waals surface area (Å²) in [6.45, 7) is 4.35. The second-order valence-electron chi connectivity index (χ2n) is 7.76. The zero-order valence-electron chi connectivity index (χ0n) is 19.0. The Hall–Kier alpha value is -3.16. The van der Waals surface area contributed by atoms with Crippen LogP contribution in [0.3, 0.4) is 0 Å². The lowest BCUT2D eigenvalue weighted by Gasteiger charge is -2.24. The van der Waals surface area contributed by atoms with E-state index in [9.17, 15) is 14.3 Å². The predicted molar refractivity (Wildman–Crippen MR) is 125 cm³/mol. The maximum atomic E-state index is 12.5. The molecule has 0 saturated carbocycles. The number of hydrogen-bond acceptors (Lipinski definition) is 8. The maximum absolute atomic E-state index is 12.5. The van der Waals surface area contributed by atoms with Gasteiger partial charge in [0.05, 0.1) is 32.0 Å². The molecule has 1 unspecified atom stereocenters. The molecule has 180 valence electrons. The molecule has 2 heterocycles. The number of carbonyl (C=O) groups excluding carboxylic acids is 1. The molecule has 0 bridgehead atoms. The number of phosphoric acid groups is 1. The monoisotopic (exact) mass is 486 g/mol. The Morgan fingerprint density at radius 1 is 1.26 bits per heavy atom. The number of anilines is 1. The number of amides is 1. The highest BCUT2D eigenvalue weighted by Crippen LogP contribution is 2.44. The number of nitrogens with zero attached hydrogens (tertiary/aromatic N) is 5. The van der Waals surface area contributed by atoms with Crippen molar-refractivity contribution in [3.63, 3.8) is 0 Å². The molecular formula is C22H27N6O5P. The van der Waals surface area contributed by atoms with E-state index >= 15 is 0 Å². The summed E-state index contributed by atoms with van der Waals surface area (Å²) in [5.74, 6) is 0.0175. The Morgan fingerprint density at radius 2 is 2.03 bits per heavy atom. The van der Waals surface area contributed by atoms with Crippen molar-refractivity contribution in [3.8, 4) is 6.07 Å². The number of hydrogen-bond donors (Lipinski definition) is 2. The summed E-state index contributed by atoms with van der Waals surface area (Å²) in [6.07, 6.45) is 3.71. The number of phosphoric ester groups is 1. The number of fused-ring (bicyclic) bond motifs is 1. The Balaban J connectivity index is 1.67. The molecule has 1 aromatic carbocycles. The lowest BCUT2D eigenvalue weighted by Crippen LogP contribution is -2.21. The molecule has 0 aliphatic heterocycles. The van der Waals surface area contributed by atoms with Crippen LogP contribution in [0.4, 0.5) is 5.82 Å². The van der Waals surface area contributed by atoms with Gasteiger partial charge in [-0.15, -0.1) is 0 Å². The summed E-state index contributed by atoms with van der Waals surface area (Å²) in [5, 5.41) is 11.3. The summed E-state index contributed by atoms with van der Waals surface area (Å²) < 4.78 is 23.8. The Labute approximate surface area is 197 Å². The van der Waals surface area contributed by atoms with E-state index in [1.54, 1.807) is 30.6 Å². The van der Waals surface area contributed by atoms with Crippen LogP contribution in [-0.2, 0) is 20.2 Å². The second kappa shape index (κ2) is 11.8. The molecule has 2 aromatic heterocycles. The molecule has 3 rings (SSSR count). The fraction of sp³-hybridized carbons (Fsp3) is 0.409. The van der Waals surface area contributed by atoms with E-state index in [1.165, 1.54) is 6.33 Å². The number of aromatic nitrogens is 4. The molecule has 3 aromatic rings. The number of nitriles is 1. The van der Waals surface area contributed by atoms with E-state index in [0.717, 1.165) is 0 Å². The highest BCUT2D eigenvalue weighted by molar-refractivity contribution is 7.47. The first-order valence-corrected chi connectivity index (χ1v) is 12.3. The van der Waals surface area contributed by atoms with Crippen molar-refractivity contribution in [2.24, 2.45) is 11.8 Å². The van der Waals surface area contributed by atoms with Gasteiger partial charge in [0.25, 0.3) is 5.91 Å². The smallest absolute Gasteiger partial charge is 0.315 e. The number of imidazole rings is 1. The van der Waals surface area contributed by atoms with Gasteiger partial charge in [-0.1, -0.05) is 38.5 Å². The molecule has 0 radical (unpaired) electrons. The van der Waals surface area contributed by atoms with Crippen LogP contribution in [0.15, 0.2) is 43.0 Å². The third-order valence-electron chi connectivity index (χ3n) is 5.40. The van der Waals surface area contributed by atoms with E-state index in [0.29, 0.717) is 35.5 Å². The molecule has 1 amide bonds. The topological polar surface area (TPSA) is 152 Å². The van der Waals surface area contributed by atoms with Crippen molar-refractivity contribution in [2.45, 2.75) is 33.2 Å². The van der Waals surface area contributed by atoms with Crippen LogP contribution in [0.5, 0.6) is 0 Å². The summed E-state index contributed by atoms with van der Waals surface area (Å²) >= 11 is 0. The molecule has 0 aliphatic rings. The van der Waals surface area contributed by atoms with E-state index in [4.69, 9.17) is 14.3 Å². The van der Waals surface area contributed by atoms with Crippen molar-refractivity contribution in [1.82, 2.24) is 19.5 Å². The van der Waals surface area contributed by atoms with Crippen LogP contribution in [0.2, 0.25) is 0 Å². The first kappa shape index (κ1) is 25.5. The van der Waals surface area contributed by atoms with Gasteiger partial charge in [0.2, 0.25) is 0 Å². The second-order valence-corrected chi connectivity index (χ2v) is 9.22. The molecular weight excluding hydrogens is 459 g/mol. The zero-order chi connectivity index (χ0) is 24.6. The lowest BCUT2D eigenvalue weighted by atomic mass is 9.92. The Morgan fingerprint density at radius 3 is 2.74 bits per heavy atom. The fourth-order valence-corrected chi connectivity index (χ4v) is 4.23. The molecule has 3 atom stereocenters. The molecule has 11 nitrogen and oxygen atoms in total. The predicted octanol–water partition coefficient (Wildman–Crippen LogP) is 3.79. The van der Waals surface area contributed by atoms with Gasteiger partial charge in [0.1, 0.15) is 6.33 Å². The fourth-order valence-electron chi connectivity index (χ4n) is 3.45. The molecule has 0 fully saturated rings. The molecule has 0 aliphatic carbocycles. The van der Waals surface area contributed by atoms with Gasteiger partial charge < -0.3 is 14.8 Å². The number of nitrogens with one attached hydrogen (secondary N) is 1. The normalized spacial score (nSPS) is 14.8. The number of carbonyl (C=O) groups is 1.